The number of rotatable bonds is 3. The number of nitrogens with one attached hydrogen (secondary N) is 1. The van der Waals surface area contributed by atoms with Crippen LogP contribution in [-0.2, 0) is 0 Å². The summed E-state index contributed by atoms with van der Waals surface area (Å²) in [6, 6.07) is 0. The second kappa shape index (κ2) is 4.77. The lowest BCUT2D eigenvalue weighted by molar-refractivity contribution is 0.575. The van der Waals surface area contributed by atoms with E-state index in [9.17, 15) is 0 Å². The first-order chi connectivity index (χ1) is 7.25. The van der Waals surface area contributed by atoms with Gasteiger partial charge in [-0.15, -0.1) is 0 Å². The third kappa shape index (κ3) is 2.79. The molecule has 1 unspecified atom stereocenters. The molecule has 0 radical (unpaired) electrons. The van der Waals surface area contributed by atoms with Gasteiger partial charge in [0, 0.05) is 13.6 Å². The predicted molar refractivity (Wildman–Crippen MR) is 61.3 cm³/mol. The predicted octanol–water partition coefficient (Wildman–Crippen LogP) is 1.18. The minimum atomic E-state index is 0.448. The molecule has 2 rings (SSSR count). The molecule has 2 heterocycles. The van der Waals surface area contributed by atoms with Crippen molar-refractivity contribution < 1.29 is 0 Å². The van der Waals surface area contributed by atoms with E-state index in [0.29, 0.717) is 11.1 Å². The zero-order chi connectivity index (χ0) is 10.7. The van der Waals surface area contributed by atoms with Gasteiger partial charge in [-0.1, -0.05) is 11.6 Å². The average Bonchev–Trinajstić information content (AvgIpc) is 2.70. The lowest BCUT2D eigenvalue weighted by Gasteiger charge is -2.21. The molecule has 1 fully saturated rings. The molecule has 1 aromatic heterocycles. The van der Waals surface area contributed by atoms with Crippen molar-refractivity contribution in [2.45, 2.75) is 6.42 Å². The van der Waals surface area contributed by atoms with Crippen LogP contribution in [0.25, 0.3) is 0 Å². The highest BCUT2D eigenvalue weighted by Crippen LogP contribution is 2.15. The zero-order valence-electron chi connectivity index (χ0n) is 8.78. The molecule has 0 spiro atoms. The van der Waals surface area contributed by atoms with E-state index in [4.69, 9.17) is 11.6 Å². The van der Waals surface area contributed by atoms with E-state index < -0.39 is 0 Å². The monoisotopic (exact) mass is 226 g/mol. The Morgan fingerprint density at radius 1 is 1.60 bits per heavy atom. The van der Waals surface area contributed by atoms with Gasteiger partial charge in [0.15, 0.2) is 0 Å². The topological polar surface area (TPSA) is 41.0 Å². The van der Waals surface area contributed by atoms with Crippen LogP contribution in [0.4, 0.5) is 5.82 Å². The quantitative estimate of drug-likeness (QED) is 0.841. The van der Waals surface area contributed by atoms with Gasteiger partial charge in [-0.3, -0.25) is 4.98 Å². The van der Waals surface area contributed by atoms with E-state index in [2.05, 4.69) is 20.2 Å². The molecule has 1 N–H and O–H groups in total. The maximum Gasteiger partial charge on any atom is 0.149 e. The molecule has 4 nitrogen and oxygen atoms in total. The third-order valence-corrected chi connectivity index (χ3v) is 2.86. The molecule has 1 atom stereocenters. The van der Waals surface area contributed by atoms with Crippen molar-refractivity contribution >= 4 is 17.4 Å². The summed E-state index contributed by atoms with van der Waals surface area (Å²) in [6.07, 6.45) is 4.53. The fourth-order valence-electron chi connectivity index (χ4n) is 1.87. The van der Waals surface area contributed by atoms with Crippen LogP contribution in [0.1, 0.15) is 6.42 Å². The molecular weight excluding hydrogens is 212 g/mol. The van der Waals surface area contributed by atoms with Crippen molar-refractivity contribution in [3.63, 3.8) is 0 Å². The molecule has 0 saturated carbocycles. The van der Waals surface area contributed by atoms with Crippen LogP contribution < -0.4 is 10.2 Å². The maximum atomic E-state index is 5.79. The lowest BCUT2D eigenvalue weighted by atomic mass is 10.1. The highest BCUT2D eigenvalue weighted by Gasteiger charge is 2.17. The molecule has 0 aromatic carbocycles. The Hall–Kier alpha value is -0.870. The smallest absolute Gasteiger partial charge is 0.149 e. The summed E-state index contributed by atoms with van der Waals surface area (Å²) in [4.78, 5) is 10.4. The SMILES string of the molecule is CN(CC1CCNC1)c1cncc(Cl)n1. The molecule has 82 valence electrons. The Balaban J connectivity index is 1.97. The first kappa shape index (κ1) is 10.6. The van der Waals surface area contributed by atoms with Crippen LogP contribution >= 0.6 is 11.6 Å². The summed E-state index contributed by atoms with van der Waals surface area (Å²) < 4.78 is 0. The van der Waals surface area contributed by atoms with Gasteiger partial charge in [-0.2, -0.15) is 0 Å². The summed E-state index contributed by atoms with van der Waals surface area (Å²) in [7, 11) is 2.03. The van der Waals surface area contributed by atoms with E-state index in [1.165, 1.54) is 6.42 Å². The molecular formula is C10H15ClN4. The Labute approximate surface area is 94.7 Å². The Kier molecular flexibility index (Phi) is 3.38. The van der Waals surface area contributed by atoms with Crippen LogP contribution in [0.15, 0.2) is 12.4 Å². The van der Waals surface area contributed by atoms with Gasteiger partial charge in [-0.25, -0.2) is 4.98 Å². The largest absolute Gasteiger partial charge is 0.358 e. The van der Waals surface area contributed by atoms with Gasteiger partial charge in [0.2, 0.25) is 0 Å². The molecule has 5 heteroatoms. The minimum Gasteiger partial charge on any atom is -0.358 e. The van der Waals surface area contributed by atoms with E-state index >= 15 is 0 Å². The lowest BCUT2D eigenvalue weighted by Crippen LogP contribution is -2.27. The summed E-state index contributed by atoms with van der Waals surface area (Å²) in [5, 5.41) is 3.80. The highest BCUT2D eigenvalue weighted by atomic mass is 35.5. The summed E-state index contributed by atoms with van der Waals surface area (Å²) >= 11 is 5.79. The van der Waals surface area contributed by atoms with Gasteiger partial charge in [0.1, 0.15) is 11.0 Å². The standard InChI is InChI=1S/C10H15ClN4/c1-15(7-8-2-3-12-4-8)10-6-13-5-9(11)14-10/h5-6,8,12H,2-4,7H2,1H3. The van der Waals surface area contributed by atoms with Crippen LogP contribution in [0.2, 0.25) is 5.15 Å². The Bertz CT molecular complexity index is 325. The number of hydrogen-bond donors (Lipinski definition) is 1. The minimum absolute atomic E-state index is 0.448. The number of nitrogens with zero attached hydrogens (tertiary/aromatic N) is 3. The maximum absolute atomic E-state index is 5.79. The second-order valence-electron chi connectivity index (χ2n) is 3.94. The van der Waals surface area contributed by atoms with Crippen LogP contribution in [0.5, 0.6) is 0 Å². The summed E-state index contributed by atoms with van der Waals surface area (Å²) in [6.45, 7) is 3.22. The first-order valence-electron chi connectivity index (χ1n) is 5.15. The van der Waals surface area contributed by atoms with Crippen molar-refractivity contribution in [1.82, 2.24) is 15.3 Å². The normalized spacial score (nSPS) is 20.5. The van der Waals surface area contributed by atoms with E-state index in [0.717, 1.165) is 25.5 Å². The van der Waals surface area contributed by atoms with Crippen molar-refractivity contribution in [2.75, 3.05) is 31.6 Å². The van der Waals surface area contributed by atoms with Gasteiger partial charge in [0.25, 0.3) is 0 Å². The van der Waals surface area contributed by atoms with Crippen molar-refractivity contribution in [3.05, 3.63) is 17.5 Å². The molecule has 0 amide bonds. The number of anilines is 1. The summed E-state index contributed by atoms with van der Waals surface area (Å²) in [5.41, 5.74) is 0. The van der Waals surface area contributed by atoms with E-state index in [1.54, 1.807) is 12.4 Å². The zero-order valence-corrected chi connectivity index (χ0v) is 9.54. The molecule has 15 heavy (non-hydrogen) atoms. The van der Waals surface area contributed by atoms with Gasteiger partial charge in [0.05, 0.1) is 12.4 Å². The Morgan fingerprint density at radius 2 is 2.47 bits per heavy atom. The van der Waals surface area contributed by atoms with Crippen molar-refractivity contribution in [1.29, 1.82) is 0 Å². The van der Waals surface area contributed by atoms with Gasteiger partial charge >= 0.3 is 0 Å². The Morgan fingerprint density at radius 3 is 3.13 bits per heavy atom. The van der Waals surface area contributed by atoms with E-state index in [1.807, 2.05) is 7.05 Å². The van der Waals surface area contributed by atoms with Crippen LogP contribution in [0.3, 0.4) is 0 Å². The molecule has 1 aromatic rings. The van der Waals surface area contributed by atoms with E-state index in [-0.39, 0.29) is 0 Å². The van der Waals surface area contributed by atoms with Crippen molar-refractivity contribution in [3.8, 4) is 0 Å². The third-order valence-electron chi connectivity index (χ3n) is 2.68. The van der Waals surface area contributed by atoms with Gasteiger partial charge < -0.3 is 10.2 Å². The number of aromatic nitrogens is 2. The first-order valence-corrected chi connectivity index (χ1v) is 5.53. The molecule has 0 bridgehead atoms. The van der Waals surface area contributed by atoms with Gasteiger partial charge in [-0.05, 0) is 25.4 Å². The second-order valence-corrected chi connectivity index (χ2v) is 4.33. The average molecular weight is 227 g/mol. The fourth-order valence-corrected chi connectivity index (χ4v) is 2.01. The highest BCUT2D eigenvalue weighted by molar-refractivity contribution is 6.29. The molecule has 1 aliphatic heterocycles. The molecule has 1 aliphatic rings. The molecule has 0 aliphatic carbocycles. The summed E-state index contributed by atoms with van der Waals surface area (Å²) in [5.74, 6) is 1.55. The van der Waals surface area contributed by atoms with Crippen LogP contribution in [-0.4, -0.2) is 36.6 Å². The van der Waals surface area contributed by atoms with Crippen LogP contribution in [0, 0.1) is 5.92 Å². The van der Waals surface area contributed by atoms with Crippen molar-refractivity contribution in [2.24, 2.45) is 5.92 Å². The fraction of sp³-hybridized carbons (Fsp3) is 0.600. The molecule has 1 saturated heterocycles. The number of hydrogen-bond acceptors (Lipinski definition) is 4. The number of halogens is 1.